The number of halogens is 1. The molecule has 4 nitrogen and oxygen atoms in total. The summed E-state index contributed by atoms with van der Waals surface area (Å²) in [5, 5.41) is 3.53. The minimum Gasteiger partial charge on any atom is -0.381 e. The highest BCUT2D eigenvalue weighted by Gasteiger charge is 2.45. The van der Waals surface area contributed by atoms with E-state index in [2.05, 4.69) is 15.2 Å². The van der Waals surface area contributed by atoms with Crippen molar-refractivity contribution in [1.82, 2.24) is 10.2 Å². The Labute approximate surface area is 136 Å². The Balaban J connectivity index is 1.38. The average molecular weight is 317 g/mol. The van der Waals surface area contributed by atoms with Crippen molar-refractivity contribution < 1.29 is 9.13 Å². The van der Waals surface area contributed by atoms with Crippen molar-refractivity contribution in [2.75, 3.05) is 33.4 Å². The zero-order chi connectivity index (χ0) is 15.9. The summed E-state index contributed by atoms with van der Waals surface area (Å²) < 4.78 is 19.5. The molecule has 1 saturated carbocycles. The molecule has 3 fully saturated rings. The molecule has 2 heterocycles. The molecule has 3 unspecified atom stereocenters. The molecule has 2 aliphatic heterocycles. The van der Waals surface area contributed by atoms with Crippen molar-refractivity contribution >= 4 is 5.96 Å². The normalized spacial score (nSPS) is 33.5. The zero-order valence-corrected chi connectivity index (χ0v) is 13.6. The maximum atomic E-state index is 13.9. The van der Waals surface area contributed by atoms with E-state index in [4.69, 9.17) is 4.74 Å². The lowest BCUT2D eigenvalue weighted by Crippen LogP contribution is -2.42. The molecule has 5 heteroatoms. The molecule has 3 atom stereocenters. The van der Waals surface area contributed by atoms with E-state index >= 15 is 0 Å². The molecule has 124 valence electrons. The number of guanidine groups is 1. The predicted octanol–water partition coefficient (Wildman–Crippen LogP) is 2.37. The fourth-order valence-corrected chi connectivity index (χ4v) is 4.02. The smallest absolute Gasteiger partial charge is 0.193 e. The van der Waals surface area contributed by atoms with Crippen LogP contribution in [0.25, 0.3) is 0 Å². The van der Waals surface area contributed by atoms with Gasteiger partial charge in [0.05, 0.1) is 6.61 Å². The summed E-state index contributed by atoms with van der Waals surface area (Å²) in [6.07, 6.45) is 3.30. The van der Waals surface area contributed by atoms with E-state index in [0.29, 0.717) is 11.5 Å². The van der Waals surface area contributed by atoms with Crippen LogP contribution in [0.2, 0.25) is 0 Å². The molecule has 4 rings (SSSR count). The molecular weight excluding hydrogens is 293 g/mol. The van der Waals surface area contributed by atoms with Gasteiger partial charge >= 0.3 is 0 Å². The van der Waals surface area contributed by atoms with E-state index in [0.717, 1.165) is 50.7 Å². The van der Waals surface area contributed by atoms with Crippen molar-refractivity contribution in [3.63, 3.8) is 0 Å². The third kappa shape index (κ3) is 2.82. The van der Waals surface area contributed by atoms with Crippen LogP contribution in [0.15, 0.2) is 29.3 Å². The first kappa shape index (κ1) is 14.9. The zero-order valence-electron chi connectivity index (χ0n) is 13.6. The summed E-state index contributed by atoms with van der Waals surface area (Å²) in [6.45, 7) is 3.81. The van der Waals surface area contributed by atoms with Crippen LogP contribution in [-0.4, -0.2) is 50.3 Å². The van der Waals surface area contributed by atoms with Crippen molar-refractivity contribution in [3.8, 4) is 0 Å². The molecule has 1 aromatic carbocycles. The van der Waals surface area contributed by atoms with Gasteiger partial charge < -0.3 is 15.0 Å². The number of ether oxygens (including phenoxy) is 1. The lowest BCUT2D eigenvalue weighted by atomic mass is 9.87. The first-order valence-electron chi connectivity index (χ1n) is 8.51. The summed E-state index contributed by atoms with van der Waals surface area (Å²) in [5.74, 6) is 1.12. The van der Waals surface area contributed by atoms with Gasteiger partial charge in [0.15, 0.2) is 5.96 Å². The van der Waals surface area contributed by atoms with Crippen LogP contribution < -0.4 is 5.32 Å². The summed E-state index contributed by atoms with van der Waals surface area (Å²) >= 11 is 0. The highest BCUT2D eigenvalue weighted by atomic mass is 19.1. The highest BCUT2D eigenvalue weighted by Crippen LogP contribution is 2.42. The third-order valence-electron chi connectivity index (χ3n) is 5.54. The molecule has 1 spiro atoms. The Kier molecular flexibility index (Phi) is 3.76. The molecule has 1 N–H and O–H groups in total. The number of hydrogen-bond acceptors (Lipinski definition) is 2. The van der Waals surface area contributed by atoms with Crippen LogP contribution in [0, 0.1) is 11.2 Å². The average Bonchev–Trinajstić information content (AvgIpc) is 2.98. The lowest BCUT2D eigenvalue weighted by molar-refractivity contribution is 0.156. The Bertz CT molecular complexity index is 612. The minimum absolute atomic E-state index is 0.0972. The van der Waals surface area contributed by atoms with Gasteiger partial charge in [-0.3, -0.25) is 4.99 Å². The van der Waals surface area contributed by atoms with Crippen LogP contribution in [0.3, 0.4) is 0 Å². The largest absolute Gasteiger partial charge is 0.381 e. The van der Waals surface area contributed by atoms with Crippen molar-refractivity contribution in [3.05, 3.63) is 35.6 Å². The van der Waals surface area contributed by atoms with E-state index < -0.39 is 0 Å². The van der Waals surface area contributed by atoms with Gasteiger partial charge in [0, 0.05) is 44.1 Å². The summed E-state index contributed by atoms with van der Waals surface area (Å²) in [5.41, 5.74) is 1.15. The van der Waals surface area contributed by atoms with E-state index in [1.54, 1.807) is 12.1 Å². The summed E-state index contributed by atoms with van der Waals surface area (Å²) in [7, 11) is 1.83. The second-order valence-corrected chi connectivity index (χ2v) is 7.14. The molecular formula is C18H24FN3O. The number of rotatable bonds is 2. The Morgan fingerprint density at radius 3 is 3.00 bits per heavy atom. The van der Waals surface area contributed by atoms with E-state index in [1.807, 2.05) is 19.2 Å². The molecule has 1 aromatic rings. The number of nitrogens with zero attached hydrogens (tertiary/aromatic N) is 2. The molecule has 0 aromatic heterocycles. The Morgan fingerprint density at radius 2 is 2.26 bits per heavy atom. The van der Waals surface area contributed by atoms with Gasteiger partial charge in [0.25, 0.3) is 0 Å². The third-order valence-corrected chi connectivity index (χ3v) is 5.54. The monoisotopic (exact) mass is 317 g/mol. The quantitative estimate of drug-likeness (QED) is 0.672. The van der Waals surface area contributed by atoms with Crippen LogP contribution >= 0.6 is 0 Å². The first-order chi connectivity index (χ1) is 11.2. The van der Waals surface area contributed by atoms with Gasteiger partial charge in [-0.2, -0.15) is 0 Å². The number of likely N-dealkylation sites (tertiary alicyclic amines) is 1. The maximum Gasteiger partial charge on any atom is 0.193 e. The molecule has 0 amide bonds. The molecule has 0 bridgehead atoms. The van der Waals surface area contributed by atoms with Gasteiger partial charge in [-0.15, -0.1) is 0 Å². The standard InChI is InChI=1S/C18H24FN3O/c1-20-17(22-8-6-18(11-22)7-9-23-12-18)21-16-10-14(16)13-4-2-3-5-15(13)19/h2-5,14,16H,6-12H2,1H3,(H,20,21). The topological polar surface area (TPSA) is 36.9 Å². The van der Waals surface area contributed by atoms with E-state index in [9.17, 15) is 4.39 Å². The van der Waals surface area contributed by atoms with Crippen LogP contribution in [-0.2, 0) is 4.74 Å². The maximum absolute atomic E-state index is 13.9. The van der Waals surface area contributed by atoms with Crippen LogP contribution in [0.1, 0.15) is 30.7 Å². The van der Waals surface area contributed by atoms with Gasteiger partial charge in [0.1, 0.15) is 5.82 Å². The molecule has 1 aliphatic carbocycles. The Hall–Kier alpha value is -1.62. The SMILES string of the molecule is CN=C(NC1CC1c1ccccc1F)N1CCC2(CCOC2)C1. The van der Waals surface area contributed by atoms with E-state index in [-0.39, 0.29) is 11.7 Å². The van der Waals surface area contributed by atoms with Crippen molar-refractivity contribution in [1.29, 1.82) is 0 Å². The van der Waals surface area contributed by atoms with Gasteiger partial charge in [-0.1, -0.05) is 18.2 Å². The number of benzene rings is 1. The van der Waals surface area contributed by atoms with Gasteiger partial charge in [-0.25, -0.2) is 4.39 Å². The summed E-state index contributed by atoms with van der Waals surface area (Å²) in [6, 6.07) is 7.39. The molecule has 2 saturated heterocycles. The van der Waals surface area contributed by atoms with Gasteiger partial charge in [0.2, 0.25) is 0 Å². The number of hydrogen-bond donors (Lipinski definition) is 1. The fourth-order valence-electron chi connectivity index (χ4n) is 4.02. The Morgan fingerprint density at radius 1 is 1.39 bits per heavy atom. The number of nitrogens with one attached hydrogen (secondary N) is 1. The number of aliphatic imine (C=N–C) groups is 1. The minimum atomic E-state index is -0.0972. The fraction of sp³-hybridized carbons (Fsp3) is 0.611. The second-order valence-electron chi connectivity index (χ2n) is 7.14. The first-order valence-corrected chi connectivity index (χ1v) is 8.51. The van der Waals surface area contributed by atoms with Crippen LogP contribution in [0.4, 0.5) is 4.39 Å². The van der Waals surface area contributed by atoms with Crippen molar-refractivity contribution in [2.24, 2.45) is 10.4 Å². The lowest BCUT2D eigenvalue weighted by Gasteiger charge is -2.25. The van der Waals surface area contributed by atoms with Crippen molar-refractivity contribution in [2.45, 2.75) is 31.2 Å². The second kappa shape index (κ2) is 5.78. The predicted molar refractivity (Wildman–Crippen MR) is 88.1 cm³/mol. The van der Waals surface area contributed by atoms with E-state index in [1.165, 1.54) is 6.42 Å². The summed E-state index contributed by atoms with van der Waals surface area (Å²) in [4.78, 5) is 6.79. The van der Waals surface area contributed by atoms with Crippen LogP contribution in [0.5, 0.6) is 0 Å². The molecule has 3 aliphatic rings. The highest BCUT2D eigenvalue weighted by molar-refractivity contribution is 5.81. The van der Waals surface area contributed by atoms with Gasteiger partial charge in [-0.05, 0) is 30.9 Å². The molecule has 0 radical (unpaired) electrons. The molecule has 23 heavy (non-hydrogen) atoms.